The molecule has 0 radical (unpaired) electrons. The summed E-state index contributed by atoms with van der Waals surface area (Å²) < 4.78 is 28.0. The highest BCUT2D eigenvalue weighted by Gasteiger charge is 2.17. The van der Waals surface area contributed by atoms with Gasteiger partial charge < -0.3 is 0 Å². The van der Waals surface area contributed by atoms with E-state index in [2.05, 4.69) is 20.7 Å². The van der Waals surface area contributed by atoms with E-state index in [9.17, 15) is 8.42 Å². The first-order valence-corrected chi connectivity index (χ1v) is 8.40. The standard InChI is InChI=1S/C11H9BrClNO2S2/c1-7-2-3-9(8(12)6-7)14-18(15,16)11-5-4-10(13)17-11/h2-6,14H,1H3. The molecule has 0 atom stereocenters. The first kappa shape index (κ1) is 13.9. The van der Waals surface area contributed by atoms with Crippen LogP contribution < -0.4 is 4.72 Å². The predicted octanol–water partition coefficient (Wildman–Crippen LogP) is 4.27. The molecule has 96 valence electrons. The lowest BCUT2D eigenvalue weighted by atomic mass is 10.2. The number of rotatable bonds is 3. The van der Waals surface area contributed by atoms with Crippen molar-refractivity contribution in [2.24, 2.45) is 0 Å². The Kier molecular flexibility index (Phi) is 4.01. The zero-order valence-electron chi connectivity index (χ0n) is 9.28. The summed E-state index contributed by atoms with van der Waals surface area (Å²) in [6.07, 6.45) is 0. The molecule has 1 aromatic carbocycles. The molecule has 1 aromatic heterocycles. The Balaban J connectivity index is 2.33. The molecule has 0 aliphatic rings. The van der Waals surface area contributed by atoms with Crippen molar-refractivity contribution in [1.82, 2.24) is 0 Å². The molecular formula is C11H9BrClNO2S2. The molecule has 0 fully saturated rings. The van der Waals surface area contributed by atoms with E-state index in [1.54, 1.807) is 12.1 Å². The zero-order valence-corrected chi connectivity index (χ0v) is 13.3. The Bertz CT molecular complexity index is 682. The summed E-state index contributed by atoms with van der Waals surface area (Å²) in [6.45, 7) is 1.93. The monoisotopic (exact) mass is 365 g/mol. The molecule has 0 spiro atoms. The second kappa shape index (κ2) is 5.21. The molecule has 0 amide bonds. The van der Waals surface area contributed by atoms with Crippen LogP contribution in [0.15, 0.2) is 39.0 Å². The summed E-state index contributed by atoms with van der Waals surface area (Å²) in [5.41, 5.74) is 1.55. The predicted molar refractivity (Wildman–Crippen MR) is 79.0 cm³/mol. The molecule has 2 rings (SSSR count). The fraction of sp³-hybridized carbons (Fsp3) is 0.0909. The SMILES string of the molecule is Cc1ccc(NS(=O)(=O)c2ccc(Cl)s2)c(Br)c1. The summed E-state index contributed by atoms with van der Waals surface area (Å²) in [6, 6.07) is 8.44. The van der Waals surface area contributed by atoms with E-state index in [0.717, 1.165) is 16.9 Å². The van der Waals surface area contributed by atoms with Crippen molar-refractivity contribution in [1.29, 1.82) is 0 Å². The molecule has 1 N–H and O–H groups in total. The number of nitrogens with one attached hydrogen (secondary N) is 1. The van der Waals surface area contributed by atoms with Gasteiger partial charge in [0.1, 0.15) is 4.21 Å². The average Bonchev–Trinajstić information content (AvgIpc) is 2.70. The van der Waals surface area contributed by atoms with Crippen LogP contribution >= 0.6 is 38.9 Å². The third-order valence-corrected chi connectivity index (χ3v) is 5.93. The fourth-order valence-corrected chi connectivity index (χ4v) is 4.63. The van der Waals surface area contributed by atoms with Crippen LogP contribution in [0.4, 0.5) is 5.69 Å². The average molecular weight is 367 g/mol. The van der Waals surface area contributed by atoms with Crippen LogP contribution in [0, 0.1) is 6.92 Å². The largest absolute Gasteiger partial charge is 0.278 e. The van der Waals surface area contributed by atoms with Crippen molar-refractivity contribution in [3.05, 3.63) is 44.7 Å². The lowest BCUT2D eigenvalue weighted by Gasteiger charge is -2.08. The quantitative estimate of drug-likeness (QED) is 0.881. The van der Waals surface area contributed by atoms with Crippen LogP contribution in [0.1, 0.15) is 5.56 Å². The summed E-state index contributed by atoms with van der Waals surface area (Å²) >= 11 is 10.1. The van der Waals surface area contributed by atoms with Crippen molar-refractivity contribution in [2.45, 2.75) is 11.1 Å². The maximum absolute atomic E-state index is 12.1. The normalized spacial score (nSPS) is 11.5. The Labute approximate surface area is 123 Å². The second-order valence-corrected chi connectivity index (χ2v) is 8.13. The molecule has 0 bridgehead atoms. The summed E-state index contributed by atoms with van der Waals surface area (Å²) in [5, 5.41) is 0. The van der Waals surface area contributed by atoms with E-state index in [0.29, 0.717) is 14.5 Å². The number of halogens is 2. The third-order valence-electron chi connectivity index (χ3n) is 2.18. The Morgan fingerprint density at radius 2 is 2.00 bits per heavy atom. The molecule has 7 heteroatoms. The van der Waals surface area contributed by atoms with Gasteiger partial charge in [-0.05, 0) is 52.7 Å². The molecular weight excluding hydrogens is 358 g/mol. The van der Waals surface area contributed by atoms with E-state index in [1.165, 1.54) is 6.07 Å². The Hall–Kier alpha value is -0.560. The topological polar surface area (TPSA) is 46.2 Å². The van der Waals surface area contributed by atoms with Gasteiger partial charge in [-0.2, -0.15) is 0 Å². The van der Waals surface area contributed by atoms with Crippen molar-refractivity contribution in [2.75, 3.05) is 4.72 Å². The molecule has 2 aromatic rings. The van der Waals surface area contributed by atoms with Gasteiger partial charge in [0, 0.05) is 4.47 Å². The first-order valence-electron chi connectivity index (χ1n) is 4.93. The molecule has 0 saturated carbocycles. The van der Waals surface area contributed by atoms with Gasteiger partial charge >= 0.3 is 0 Å². The molecule has 18 heavy (non-hydrogen) atoms. The molecule has 0 unspecified atom stereocenters. The number of hydrogen-bond donors (Lipinski definition) is 1. The van der Waals surface area contributed by atoms with Gasteiger partial charge in [0.15, 0.2) is 0 Å². The minimum Gasteiger partial charge on any atom is -0.278 e. The Morgan fingerprint density at radius 3 is 2.56 bits per heavy atom. The van der Waals surface area contributed by atoms with Gasteiger partial charge in [-0.1, -0.05) is 17.7 Å². The van der Waals surface area contributed by atoms with Crippen LogP contribution in [0.3, 0.4) is 0 Å². The molecule has 0 saturated heterocycles. The van der Waals surface area contributed by atoms with Crippen molar-refractivity contribution < 1.29 is 8.42 Å². The van der Waals surface area contributed by atoms with Crippen molar-refractivity contribution in [3.8, 4) is 0 Å². The summed E-state index contributed by atoms with van der Waals surface area (Å²) in [4.78, 5) is 0. The van der Waals surface area contributed by atoms with Crippen LogP contribution in [-0.2, 0) is 10.0 Å². The third kappa shape index (κ3) is 3.06. The molecule has 0 aliphatic heterocycles. The summed E-state index contributed by atoms with van der Waals surface area (Å²) in [7, 11) is -3.57. The van der Waals surface area contributed by atoms with Gasteiger partial charge in [-0.15, -0.1) is 11.3 Å². The highest BCUT2D eigenvalue weighted by atomic mass is 79.9. The second-order valence-electron chi connectivity index (χ2n) is 3.65. The first-order chi connectivity index (χ1) is 8.38. The fourth-order valence-electron chi connectivity index (χ4n) is 1.34. The number of aryl methyl sites for hydroxylation is 1. The van der Waals surface area contributed by atoms with E-state index < -0.39 is 10.0 Å². The minimum atomic E-state index is -3.57. The van der Waals surface area contributed by atoms with Crippen molar-refractivity contribution >= 4 is 54.6 Å². The maximum atomic E-state index is 12.1. The lowest BCUT2D eigenvalue weighted by molar-refractivity contribution is 0.603. The number of sulfonamides is 1. The van der Waals surface area contributed by atoms with Gasteiger partial charge in [-0.25, -0.2) is 8.42 Å². The summed E-state index contributed by atoms with van der Waals surface area (Å²) in [5.74, 6) is 0. The number of thiophene rings is 1. The highest BCUT2D eigenvalue weighted by molar-refractivity contribution is 9.10. The smallest absolute Gasteiger partial charge is 0.271 e. The molecule has 1 heterocycles. The van der Waals surface area contributed by atoms with Gasteiger partial charge in [0.2, 0.25) is 0 Å². The van der Waals surface area contributed by atoms with Crippen molar-refractivity contribution in [3.63, 3.8) is 0 Å². The number of anilines is 1. The van der Waals surface area contributed by atoms with Crippen LogP contribution in [0.2, 0.25) is 4.34 Å². The molecule has 3 nitrogen and oxygen atoms in total. The van der Waals surface area contributed by atoms with Gasteiger partial charge in [0.25, 0.3) is 10.0 Å². The Morgan fingerprint density at radius 1 is 1.28 bits per heavy atom. The van der Waals surface area contributed by atoms with Crippen LogP contribution in [0.25, 0.3) is 0 Å². The van der Waals surface area contributed by atoms with Crippen LogP contribution in [0.5, 0.6) is 0 Å². The minimum absolute atomic E-state index is 0.194. The van der Waals surface area contributed by atoms with Crippen LogP contribution in [-0.4, -0.2) is 8.42 Å². The van der Waals surface area contributed by atoms with E-state index in [1.807, 2.05) is 19.1 Å². The van der Waals surface area contributed by atoms with E-state index in [4.69, 9.17) is 11.6 Å². The van der Waals surface area contributed by atoms with Gasteiger partial charge in [-0.3, -0.25) is 4.72 Å². The van der Waals surface area contributed by atoms with Gasteiger partial charge in [0.05, 0.1) is 10.0 Å². The lowest BCUT2D eigenvalue weighted by Crippen LogP contribution is -2.11. The van der Waals surface area contributed by atoms with E-state index in [-0.39, 0.29) is 4.21 Å². The molecule has 0 aliphatic carbocycles. The van der Waals surface area contributed by atoms with E-state index >= 15 is 0 Å². The highest BCUT2D eigenvalue weighted by Crippen LogP contribution is 2.30. The maximum Gasteiger partial charge on any atom is 0.271 e. The number of hydrogen-bond acceptors (Lipinski definition) is 3. The zero-order chi connectivity index (χ0) is 13.3. The number of benzene rings is 1.